The van der Waals surface area contributed by atoms with Crippen molar-refractivity contribution in [2.24, 2.45) is 0 Å². The zero-order valence-corrected chi connectivity index (χ0v) is 15.7. The van der Waals surface area contributed by atoms with E-state index in [2.05, 4.69) is 12.1 Å². The van der Waals surface area contributed by atoms with Gasteiger partial charge < -0.3 is 14.4 Å². The van der Waals surface area contributed by atoms with Gasteiger partial charge in [0, 0.05) is 24.2 Å². The normalized spacial score (nSPS) is 12.9. The number of ether oxygens (including phenoxy) is 2. The van der Waals surface area contributed by atoms with Crippen LogP contribution in [0.1, 0.15) is 22.3 Å². The van der Waals surface area contributed by atoms with Gasteiger partial charge >= 0.3 is 0 Å². The first-order valence-electron chi connectivity index (χ1n) is 9.62. The van der Waals surface area contributed by atoms with Gasteiger partial charge in [-0.2, -0.15) is 0 Å². The molecular formula is C24H23NO3. The zero-order valence-electron chi connectivity index (χ0n) is 15.7. The van der Waals surface area contributed by atoms with Gasteiger partial charge in [0.25, 0.3) is 5.91 Å². The molecule has 4 nitrogen and oxygen atoms in total. The van der Waals surface area contributed by atoms with Crippen LogP contribution in [0.5, 0.6) is 11.5 Å². The number of hydrogen-bond donors (Lipinski definition) is 0. The standard InChI is InChI=1S/C24H23NO3/c26-24(20-12-13-22-23(18-20)28-17-7-16-27-22)25(21-10-5-2-6-11-21)15-14-19-8-3-1-4-9-19/h1-6,8-13,18H,7,14-17H2. The smallest absolute Gasteiger partial charge is 0.258 e. The van der Waals surface area contributed by atoms with Crippen LogP contribution >= 0.6 is 0 Å². The second-order valence-corrected chi connectivity index (χ2v) is 6.74. The molecule has 28 heavy (non-hydrogen) atoms. The number of para-hydroxylation sites is 1. The summed E-state index contributed by atoms with van der Waals surface area (Å²) >= 11 is 0. The zero-order chi connectivity index (χ0) is 19.2. The average molecular weight is 373 g/mol. The maximum atomic E-state index is 13.4. The minimum absolute atomic E-state index is 0.0437. The monoisotopic (exact) mass is 373 g/mol. The molecule has 1 aliphatic heterocycles. The lowest BCUT2D eigenvalue weighted by Gasteiger charge is -2.23. The van der Waals surface area contributed by atoms with Crippen LogP contribution in [0.3, 0.4) is 0 Å². The van der Waals surface area contributed by atoms with E-state index in [0.29, 0.717) is 36.8 Å². The molecule has 3 aromatic carbocycles. The quantitative estimate of drug-likeness (QED) is 0.649. The van der Waals surface area contributed by atoms with Gasteiger partial charge in [0.15, 0.2) is 11.5 Å². The van der Waals surface area contributed by atoms with E-state index in [1.165, 1.54) is 5.56 Å². The van der Waals surface area contributed by atoms with E-state index >= 15 is 0 Å². The van der Waals surface area contributed by atoms with Crippen LogP contribution in [0.15, 0.2) is 78.9 Å². The van der Waals surface area contributed by atoms with Gasteiger partial charge in [0.1, 0.15) is 0 Å². The Morgan fingerprint density at radius 3 is 2.25 bits per heavy atom. The van der Waals surface area contributed by atoms with E-state index < -0.39 is 0 Å². The minimum Gasteiger partial charge on any atom is -0.490 e. The minimum atomic E-state index is -0.0437. The fourth-order valence-corrected chi connectivity index (χ4v) is 3.29. The molecule has 0 spiro atoms. The van der Waals surface area contributed by atoms with Crippen molar-refractivity contribution in [1.82, 2.24) is 0 Å². The molecule has 4 rings (SSSR count). The predicted molar refractivity (Wildman–Crippen MR) is 110 cm³/mol. The Balaban J connectivity index is 1.60. The van der Waals surface area contributed by atoms with Gasteiger partial charge in [-0.15, -0.1) is 0 Å². The second-order valence-electron chi connectivity index (χ2n) is 6.74. The average Bonchev–Trinajstić information content (AvgIpc) is 3.00. The Bertz CT molecular complexity index is 925. The molecule has 1 aliphatic rings. The molecular weight excluding hydrogens is 350 g/mol. The largest absolute Gasteiger partial charge is 0.490 e. The van der Waals surface area contributed by atoms with E-state index in [4.69, 9.17) is 9.47 Å². The molecule has 0 aromatic heterocycles. The van der Waals surface area contributed by atoms with Crippen molar-refractivity contribution < 1.29 is 14.3 Å². The van der Waals surface area contributed by atoms with Gasteiger partial charge in [0.2, 0.25) is 0 Å². The molecule has 0 atom stereocenters. The number of carbonyl (C=O) groups is 1. The fourth-order valence-electron chi connectivity index (χ4n) is 3.29. The first-order chi connectivity index (χ1) is 13.8. The van der Waals surface area contributed by atoms with Gasteiger partial charge in [-0.1, -0.05) is 48.5 Å². The summed E-state index contributed by atoms with van der Waals surface area (Å²) in [5.41, 5.74) is 2.69. The molecule has 0 fully saturated rings. The molecule has 1 heterocycles. The lowest BCUT2D eigenvalue weighted by atomic mass is 10.1. The highest BCUT2D eigenvalue weighted by atomic mass is 16.5. The van der Waals surface area contributed by atoms with Crippen LogP contribution in [-0.4, -0.2) is 25.7 Å². The number of anilines is 1. The van der Waals surface area contributed by atoms with E-state index in [1.807, 2.05) is 65.6 Å². The van der Waals surface area contributed by atoms with Crippen LogP contribution in [-0.2, 0) is 6.42 Å². The van der Waals surface area contributed by atoms with E-state index in [9.17, 15) is 4.79 Å². The van der Waals surface area contributed by atoms with Gasteiger partial charge in [-0.05, 0) is 42.3 Å². The summed E-state index contributed by atoms with van der Waals surface area (Å²) in [7, 11) is 0. The molecule has 0 aliphatic carbocycles. The Labute approximate surface area is 165 Å². The number of carbonyl (C=O) groups excluding carboxylic acids is 1. The third-order valence-corrected chi connectivity index (χ3v) is 4.77. The predicted octanol–water partition coefficient (Wildman–Crippen LogP) is 4.74. The summed E-state index contributed by atoms with van der Waals surface area (Å²) in [4.78, 5) is 15.2. The summed E-state index contributed by atoms with van der Waals surface area (Å²) in [5, 5.41) is 0. The highest BCUT2D eigenvalue weighted by molar-refractivity contribution is 6.06. The molecule has 0 radical (unpaired) electrons. The Morgan fingerprint density at radius 1 is 0.821 bits per heavy atom. The van der Waals surface area contributed by atoms with Crippen molar-refractivity contribution in [1.29, 1.82) is 0 Å². The lowest BCUT2D eigenvalue weighted by Crippen LogP contribution is -2.33. The fraction of sp³-hybridized carbons (Fsp3) is 0.208. The van der Waals surface area contributed by atoms with E-state index in [1.54, 1.807) is 6.07 Å². The molecule has 142 valence electrons. The van der Waals surface area contributed by atoms with Crippen LogP contribution in [0.4, 0.5) is 5.69 Å². The number of nitrogens with zero attached hydrogens (tertiary/aromatic N) is 1. The summed E-state index contributed by atoms with van der Waals surface area (Å²) in [5.74, 6) is 1.29. The number of fused-ring (bicyclic) bond motifs is 1. The highest BCUT2D eigenvalue weighted by Gasteiger charge is 2.20. The maximum Gasteiger partial charge on any atom is 0.258 e. The topological polar surface area (TPSA) is 38.8 Å². The molecule has 1 amide bonds. The molecule has 3 aromatic rings. The second kappa shape index (κ2) is 8.61. The molecule has 0 bridgehead atoms. The Hall–Kier alpha value is -3.27. The van der Waals surface area contributed by atoms with E-state index in [-0.39, 0.29) is 5.91 Å². The summed E-state index contributed by atoms with van der Waals surface area (Å²) in [6.45, 7) is 1.83. The summed E-state index contributed by atoms with van der Waals surface area (Å²) in [6.07, 6.45) is 1.62. The van der Waals surface area contributed by atoms with Crippen LogP contribution in [0.2, 0.25) is 0 Å². The SMILES string of the molecule is O=C(c1ccc2c(c1)OCCCO2)N(CCc1ccccc1)c1ccccc1. The van der Waals surface area contributed by atoms with Crippen molar-refractivity contribution in [2.75, 3.05) is 24.7 Å². The Morgan fingerprint density at radius 2 is 1.50 bits per heavy atom. The van der Waals surface area contributed by atoms with Crippen molar-refractivity contribution in [2.45, 2.75) is 12.8 Å². The van der Waals surface area contributed by atoms with Crippen LogP contribution in [0, 0.1) is 0 Å². The van der Waals surface area contributed by atoms with Gasteiger partial charge in [-0.3, -0.25) is 4.79 Å². The molecule has 0 saturated heterocycles. The summed E-state index contributed by atoms with van der Waals surface area (Å²) in [6, 6.07) is 25.4. The number of rotatable bonds is 5. The van der Waals surface area contributed by atoms with Crippen LogP contribution < -0.4 is 14.4 Å². The van der Waals surface area contributed by atoms with Crippen molar-refractivity contribution in [3.05, 3.63) is 90.0 Å². The van der Waals surface area contributed by atoms with Crippen molar-refractivity contribution in [3.8, 4) is 11.5 Å². The summed E-state index contributed by atoms with van der Waals surface area (Å²) < 4.78 is 11.4. The first kappa shape index (κ1) is 18.1. The molecule has 0 unspecified atom stereocenters. The first-order valence-corrected chi connectivity index (χ1v) is 9.62. The number of benzene rings is 3. The highest BCUT2D eigenvalue weighted by Crippen LogP contribution is 2.31. The third-order valence-electron chi connectivity index (χ3n) is 4.77. The van der Waals surface area contributed by atoms with Crippen molar-refractivity contribution in [3.63, 3.8) is 0 Å². The maximum absolute atomic E-state index is 13.4. The van der Waals surface area contributed by atoms with E-state index in [0.717, 1.165) is 18.5 Å². The number of amides is 1. The van der Waals surface area contributed by atoms with Gasteiger partial charge in [-0.25, -0.2) is 0 Å². The number of hydrogen-bond acceptors (Lipinski definition) is 3. The molecule has 4 heteroatoms. The Kier molecular flexibility index (Phi) is 5.57. The lowest BCUT2D eigenvalue weighted by molar-refractivity contribution is 0.0987. The third kappa shape index (κ3) is 4.17. The van der Waals surface area contributed by atoms with Crippen molar-refractivity contribution >= 4 is 11.6 Å². The molecule has 0 N–H and O–H groups in total. The molecule has 0 saturated carbocycles. The van der Waals surface area contributed by atoms with Gasteiger partial charge in [0.05, 0.1) is 13.2 Å². The van der Waals surface area contributed by atoms with Crippen LogP contribution in [0.25, 0.3) is 0 Å².